The number of carbonyl (C=O) groups excluding carboxylic acids is 2. The van der Waals surface area contributed by atoms with Crippen LogP contribution in [0, 0.1) is 0 Å². The number of hydrogen-bond acceptors (Lipinski definition) is 4. The third-order valence-corrected chi connectivity index (χ3v) is 3.81. The Morgan fingerprint density at radius 3 is 3.05 bits per heavy atom. The smallest absolute Gasteiger partial charge is 0.320 e. The lowest BCUT2D eigenvalue weighted by Crippen LogP contribution is -2.41. The number of hydrogen-bond donors (Lipinski definition) is 1. The van der Waals surface area contributed by atoms with E-state index in [1.165, 1.54) is 4.90 Å². The summed E-state index contributed by atoms with van der Waals surface area (Å²) in [5, 5.41) is 0. The predicted molar refractivity (Wildman–Crippen MR) is 75.7 cm³/mol. The van der Waals surface area contributed by atoms with Crippen molar-refractivity contribution in [2.75, 3.05) is 31.2 Å². The Kier molecular flexibility index (Phi) is 3.74. The highest BCUT2D eigenvalue weighted by molar-refractivity contribution is 5.90. The highest BCUT2D eigenvalue weighted by Crippen LogP contribution is 2.25. The zero-order valence-electron chi connectivity index (χ0n) is 11.7. The maximum Gasteiger partial charge on any atom is 0.320 e. The minimum Gasteiger partial charge on any atom is -0.370 e. The van der Waals surface area contributed by atoms with Gasteiger partial charge in [-0.15, -0.1) is 0 Å². The second-order valence-electron chi connectivity index (χ2n) is 5.29. The number of amides is 3. The molecular weight excluding hydrogens is 272 g/mol. The molecule has 3 amide bonds. The molecule has 0 unspecified atom stereocenters. The number of nitrogens with two attached hydrogens (primary N) is 1. The summed E-state index contributed by atoms with van der Waals surface area (Å²) in [6.45, 7) is 2.45. The maximum atomic E-state index is 11.7. The Hall–Kier alpha value is -2.15. The van der Waals surface area contributed by atoms with Gasteiger partial charge in [0, 0.05) is 25.8 Å². The third-order valence-electron chi connectivity index (χ3n) is 3.81. The molecule has 2 aliphatic heterocycles. The summed E-state index contributed by atoms with van der Waals surface area (Å²) in [5.41, 5.74) is 7.35. The molecule has 0 bridgehead atoms. The van der Waals surface area contributed by atoms with E-state index in [2.05, 4.69) is 4.98 Å². The first-order chi connectivity index (χ1) is 10.1. The van der Waals surface area contributed by atoms with Crippen molar-refractivity contribution in [1.29, 1.82) is 0 Å². The molecule has 112 valence electrons. The number of primary amides is 1. The molecule has 0 atom stereocenters. The van der Waals surface area contributed by atoms with E-state index in [1.807, 2.05) is 6.07 Å². The number of urea groups is 1. The topological polar surface area (TPSA) is 88.8 Å². The number of anilines is 1. The monoisotopic (exact) mass is 290 g/mol. The van der Waals surface area contributed by atoms with E-state index in [0.29, 0.717) is 32.1 Å². The average molecular weight is 290 g/mol. The van der Waals surface area contributed by atoms with Gasteiger partial charge in [-0.05, 0) is 30.0 Å². The summed E-state index contributed by atoms with van der Waals surface area (Å²) in [7, 11) is 0. The zero-order chi connectivity index (χ0) is 14.8. The Balaban J connectivity index is 1.79. The fourth-order valence-corrected chi connectivity index (χ4v) is 2.75. The molecule has 0 aliphatic carbocycles. The molecule has 0 spiro atoms. The summed E-state index contributed by atoms with van der Waals surface area (Å²) in [4.78, 5) is 30.8. The second kappa shape index (κ2) is 5.69. The lowest BCUT2D eigenvalue weighted by atomic mass is 10.0. The van der Waals surface area contributed by atoms with Crippen LogP contribution in [0.5, 0.6) is 0 Å². The van der Waals surface area contributed by atoms with Crippen molar-refractivity contribution < 1.29 is 14.3 Å². The van der Waals surface area contributed by atoms with Crippen molar-refractivity contribution in [2.24, 2.45) is 5.73 Å². The van der Waals surface area contributed by atoms with E-state index >= 15 is 0 Å². The van der Waals surface area contributed by atoms with Gasteiger partial charge in [0.25, 0.3) is 0 Å². The summed E-state index contributed by atoms with van der Waals surface area (Å²) in [6, 6.07) is 1.54. The number of carbonyl (C=O) groups is 2. The molecule has 1 saturated heterocycles. The van der Waals surface area contributed by atoms with Crippen LogP contribution in [0.25, 0.3) is 0 Å². The molecule has 1 fully saturated rings. The zero-order valence-corrected chi connectivity index (χ0v) is 11.7. The van der Waals surface area contributed by atoms with Crippen molar-refractivity contribution >= 4 is 17.8 Å². The van der Waals surface area contributed by atoms with Gasteiger partial charge >= 0.3 is 6.03 Å². The number of aryl methyl sites for hydroxylation is 1. The van der Waals surface area contributed by atoms with Crippen molar-refractivity contribution in [3.63, 3.8) is 0 Å². The molecule has 3 heterocycles. The van der Waals surface area contributed by atoms with Crippen LogP contribution in [0.4, 0.5) is 10.6 Å². The first kappa shape index (κ1) is 13.8. The van der Waals surface area contributed by atoms with Crippen LogP contribution in [0.3, 0.4) is 0 Å². The molecule has 0 radical (unpaired) electrons. The lowest BCUT2D eigenvalue weighted by molar-refractivity contribution is -0.143. The van der Waals surface area contributed by atoms with E-state index in [9.17, 15) is 9.59 Å². The number of nitrogens with zero attached hydrogens (tertiary/aromatic N) is 3. The van der Waals surface area contributed by atoms with E-state index in [-0.39, 0.29) is 12.5 Å². The van der Waals surface area contributed by atoms with Gasteiger partial charge in [-0.25, -0.2) is 9.78 Å². The lowest BCUT2D eigenvalue weighted by Gasteiger charge is -2.29. The van der Waals surface area contributed by atoms with Crippen molar-refractivity contribution in [2.45, 2.75) is 19.4 Å². The number of aromatic nitrogens is 1. The molecule has 0 saturated carbocycles. The Labute approximate surface area is 122 Å². The van der Waals surface area contributed by atoms with Gasteiger partial charge in [-0.2, -0.15) is 0 Å². The van der Waals surface area contributed by atoms with Crippen LogP contribution in [-0.2, 0) is 22.5 Å². The van der Waals surface area contributed by atoms with Gasteiger partial charge in [-0.3, -0.25) is 9.69 Å². The number of pyridine rings is 1. The fourth-order valence-electron chi connectivity index (χ4n) is 2.75. The Morgan fingerprint density at radius 1 is 1.43 bits per heavy atom. The summed E-state index contributed by atoms with van der Waals surface area (Å²) in [5.74, 6) is 0.642. The quantitative estimate of drug-likeness (QED) is 0.847. The third kappa shape index (κ3) is 2.82. The van der Waals surface area contributed by atoms with E-state index in [1.54, 1.807) is 11.1 Å². The molecule has 3 rings (SSSR count). The molecule has 2 N–H and O–H groups in total. The minimum atomic E-state index is -0.473. The van der Waals surface area contributed by atoms with Crippen LogP contribution < -0.4 is 10.6 Å². The van der Waals surface area contributed by atoms with Crippen LogP contribution >= 0.6 is 0 Å². The highest BCUT2D eigenvalue weighted by Gasteiger charge is 2.23. The molecule has 7 heteroatoms. The van der Waals surface area contributed by atoms with Gasteiger partial charge in [0.1, 0.15) is 12.4 Å². The van der Waals surface area contributed by atoms with Gasteiger partial charge in [0.05, 0.1) is 6.61 Å². The molecular formula is C14H18N4O3. The number of morpholine rings is 1. The van der Waals surface area contributed by atoms with E-state index in [4.69, 9.17) is 10.5 Å². The molecule has 21 heavy (non-hydrogen) atoms. The summed E-state index contributed by atoms with van der Waals surface area (Å²) >= 11 is 0. The van der Waals surface area contributed by atoms with Crippen LogP contribution in [-0.4, -0.2) is 48.1 Å². The van der Waals surface area contributed by atoms with Crippen molar-refractivity contribution in [3.05, 3.63) is 23.4 Å². The van der Waals surface area contributed by atoms with Gasteiger partial charge in [0.2, 0.25) is 5.91 Å². The Morgan fingerprint density at radius 2 is 2.29 bits per heavy atom. The van der Waals surface area contributed by atoms with E-state index in [0.717, 1.165) is 24.0 Å². The predicted octanol–water partition coefficient (Wildman–Crippen LogP) is 0.272. The second-order valence-corrected chi connectivity index (χ2v) is 5.29. The molecule has 0 aromatic carbocycles. The number of fused-ring (bicyclic) bond motifs is 1. The van der Waals surface area contributed by atoms with Gasteiger partial charge < -0.3 is 15.4 Å². The fraction of sp³-hybridized carbons (Fsp3) is 0.500. The normalized spacial score (nSPS) is 18.6. The van der Waals surface area contributed by atoms with Crippen LogP contribution in [0.15, 0.2) is 12.3 Å². The SMILES string of the molecule is NC(=O)N1CCCc2cc(CN3CCOCC3=O)cnc21. The Bertz CT molecular complexity index is 575. The van der Waals surface area contributed by atoms with Gasteiger partial charge in [0.15, 0.2) is 0 Å². The molecule has 1 aromatic rings. The maximum absolute atomic E-state index is 11.7. The molecule has 2 aliphatic rings. The summed E-state index contributed by atoms with van der Waals surface area (Å²) in [6.07, 6.45) is 3.46. The first-order valence-electron chi connectivity index (χ1n) is 7.05. The standard InChI is InChI=1S/C14H18N4O3/c15-14(20)18-3-1-2-11-6-10(7-16-13(11)18)8-17-4-5-21-9-12(17)19/h6-7H,1-5,8-9H2,(H2,15,20). The number of rotatable bonds is 2. The summed E-state index contributed by atoms with van der Waals surface area (Å²) < 4.78 is 5.12. The van der Waals surface area contributed by atoms with Crippen LogP contribution in [0.2, 0.25) is 0 Å². The first-order valence-corrected chi connectivity index (χ1v) is 7.05. The average Bonchev–Trinajstić information content (AvgIpc) is 2.48. The van der Waals surface area contributed by atoms with Gasteiger partial charge in [-0.1, -0.05) is 0 Å². The molecule has 7 nitrogen and oxygen atoms in total. The van der Waals surface area contributed by atoms with Crippen LogP contribution in [0.1, 0.15) is 17.5 Å². The highest BCUT2D eigenvalue weighted by atomic mass is 16.5. The largest absolute Gasteiger partial charge is 0.370 e. The minimum absolute atomic E-state index is 0.00210. The van der Waals surface area contributed by atoms with Crippen molar-refractivity contribution in [3.8, 4) is 0 Å². The molecule has 1 aromatic heterocycles. The van der Waals surface area contributed by atoms with E-state index < -0.39 is 6.03 Å². The van der Waals surface area contributed by atoms with Crippen molar-refractivity contribution in [1.82, 2.24) is 9.88 Å². The number of ether oxygens (including phenoxy) is 1.